The predicted octanol–water partition coefficient (Wildman–Crippen LogP) is 3.58. The van der Waals surface area contributed by atoms with Crippen LogP contribution in [0, 0.1) is 0 Å². The number of para-hydroxylation sites is 1. The summed E-state index contributed by atoms with van der Waals surface area (Å²) in [6.07, 6.45) is 6.42. The van der Waals surface area contributed by atoms with Crippen molar-refractivity contribution in [2.75, 3.05) is 12.4 Å². The number of pyridine rings is 1. The summed E-state index contributed by atoms with van der Waals surface area (Å²) in [5.74, 6) is 2.11. The summed E-state index contributed by atoms with van der Waals surface area (Å²) in [5.41, 5.74) is 2.44. The molecule has 4 rings (SSSR count). The molecule has 1 aliphatic carbocycles. The fourth-order valence-corrected chi connectivity index (χ4v) is 3.23. The molecule has 0 bridgehead atoms. The Kier molecular flexibility index (Phi) is 4.56. The van der Waals surface area contributed by atoms with Gasteiger partial charge in [-0.15, -0.1) is 0 Å². The molecule has 0 saturated heterocycles. The highest BCUT2D eigenvalue weighted by molar-refractivity contribution is 5.94. The zero-order valence-corrected chi connectivity index (χ0v) is 14.8. The number of hydrogen-bond donors (Lipinski definition) is 1. The van der Waals surface area contributed by atoms with Gasteiger partial charge in [0.05, 0.1) is 12.8 Å². The first-order chi connectivity index (χ1) is 12.7. The minimum absolute atomic E-state index is 0.0443. The van der Waals surface area contributed by atoms with Gasteiger partial charge in [-0.1, -0.05) is 24.6 Å². The highest BCUT2D eigenvalue weighted by Gasteiger charge is 2.24. The maximum Gasteiger partial charge on any atom is 0.224 e. The molecule has 2 heterocycles. The lowest BCUT2D eigenvalue weighted by Gasteiger charge is -2.21. The molecule has 1 aliphatic rings. The molecule has 0 aliphatic heterocycles. The molecule has 1 N–H and O–H groups in total. The highest BCUT2D eigenvalue weighted by atomic mass is 16.5. The smallest absolute Gasteiger partial charge is 0.224 e. The summed E-state index contributed by atoms with van der Waals surface area (Å²) >= 11 is 0. The van der Waals surface area contributed by atoms with Gasteiger partial charge in [0.1, 0.15) is 5.75 Å². The molecule has 0 unspecified atom stereocenters. The van der Waals surface area contributed by atoms with E-state index in [9.17, 15) is 4.79 Å². The molecule has 0 spiro atoms. The lowest BCUT2D eigenvalue weighted by atomic mass is 9.85. The van der Waals surface area contributed by atoms with Crippen LogP contribution in [0.3, 0.4) is 0 Å². The first-order valence-electron chi connectivity index (χ1n) is 9.01. The maximum atomic E-state index is 12.4. The molecule has 0 radical (unpaired) electrons. The number of benzene rings is 1. The number of rotatable bonds is 6. The third kappa shape index (κ3) is 3.27. The van der Waals surface area contributed by atoms with Gasteiger partial charge in [-0.25, -0.2) is 9.50 Å². The third-order valence-corrected chi connectivity index (χ3v) is 4.94. The van der Waals surface area contributed by atoms with Crippen molar-refractivity contribution in [2.45, 2.75) is 38.0 Å². The zero-order chi connectivity index (χ0) is 17.9. The van der Waals surface area contributed by atoms with E-state index in [0.29, 0.717) is 30.1 Å². The Bertz CT molecular complexity index is 930. The number of ether oxygens (including phenoxy) is 1. The fourth-order valence-electron chi connectivity index (χ4n) is 3.23. The van der Waals surface area contributed by atoms with Crippen molar-refractivity contribution in [2.24, 2.45) is 0 Å². The number of anilines is 1. The topological polar surface area (TPSA) is 68.5 Å². The average molecular weight is 350 g/mol. The van der Waals surface area contributed by atoms with E-state index in [2.05, 4.69) is 15.4 Å². The molecule has 134 valence electrons. The average Bonchev–Trinajstić information content (AvgIpc) is 3.03. The molecule has 1 aromatic carbocycles. The normalized spacial score (nSPS) is 14.2. The summed E-state index contributed by atoms with van der Waals surface area (Å²) < 4.78 is 7.09. The lowest BCUT2D eigenvalue weighted by Crippen LogP contribution is -2.13. The molecule has 2 aromatic heterocycles. The molecule has 6 heteroatoms. The zero-order valence-electron chi connectivity index (χ0n) is 14.8. The van der Waals surface area contributed by atoms with Gasteiger partial charge in [-0.3, -0.25) is 4.79 Å². The van der Waals surface area contributed by atoms with E-state index in [-0.39, 0.29) is 5.91 Å². The Morgan fingerprint density at radius 3 is 2.88 bits per heavy atom. The van der Waals surface area contributed by atoms with Gasteiger partial charge in [0.25, 0.3) is 0 Å². The van der Waals surface area contributed by atoms with Crippen LogP contribution < -0.4 is 10.1 Å². The molecule has 1 fully saturated rings. The molecule has 1 amide bonds. The van der Waals surface area contributed by atoms with E-state index in [1.54, 1.807) is 11.6 Å². The van der Waals surface area contributed by atoms with Crippen LogP contribution in [0.2, 0.25) is 0 Å². The van der Waals surface area contributed by atoms with E-state index in [0.717, 1.165) is 30.0 Å². The molecule has 3 aromatic rings. The van der Waals surface area contributed by atoms with Crippen molar-refractivity contribution in [1.82, 2.24) is 14.6 Å². The summed E-state index contributed by atoms with van der Waals surface area (Å²) in [4.78, 5) is 17.1. The molecule has 6 nitrogen and oxygen atoms in total. The van der Waals surface area contributed by atoms with E-state index >= 15 is 0 Å². The second-order valence-electron chi connectivity index (χ2n) is 6.65. The minimum atomic E-state index is -0.0443. The minimum Gasteiger partial charge on any atom is -0.496 e. The maximum absolute atomic E-state index is 12.4. The van der Waals surface area contributed by atoms with Gasteiger partial charge in [-0.05, 0) is 43.0 Å². The first kappa shape index (κ1) is 16.6. The number of nitrogens with zero attached hydrogens (tertiary/aromatic N) is 3. The standard InChI is InChI=1S/C20H22N4O2/c1-26-17-10-3-2-6-14(17)11-12-18(25)21-16-9-5-13-24-20(16)22-19(23-24)15-7-4-8-15/h2-3,5-6,9-10,13,15H,4,7-8,11-12H2,1H3,(H,21,25). The van der Waals surface area contributed by atoms with Crippen LogP contribution in [-0.4, -0.2) is 27.6 Å². The fraction of sp³-hybridized carbons (Fsp3) is 0.350. The molecule has 0 atom stereocenters. The number of methoxy groups -OCH3 is 1. The Labute approximate surface area is 152 Å². The van der Waals surface area contributed by atoms with Gasteiger partial charge >= 0.3 is 0 Å². The van der Waals surface area contributed by atoms with E-state index in [1.165, 1.54) is 6.42 Å². The van der Waals surface area contributed by atoms with Crippen LogP contribution in [0.5, 0.6) is 5.75 Å². The molecular formula is C20H22N4O2. The van der Waals surface area contributed by atoms with Crippen molar-refractivity contribution >= 4 is 17.2 Å². The van der Waals surface area contributed by atoms with Gasteiger partial charge < -0.3 is 10.1 Å². The van der Waals surface area contributed by atoms with E-state index < -0.39 is 0 Å². The number of amides is 1. The SMILES string of the molecule is COc1ccccc1CCC(=O)Nc1cccn2nc(C3CCC3)nc12. The molecular weight excluding hydrogens is 328 g/mol. The lowest BCUT2D eigenvalue weighted by molar-refractivity contribution is -0.116. The van der Waals surface area contributed by atoms with E-state index in [4.69, 9.17) is 4.74 Å². The van der Waals surface area contributed by atoms with Crippen LogP contribution in [0.15, 0.2) is 42.6 Å². The van der Waals surface area contributed by atoms with Crippen molar-refractivity contribution in [3.05, 3.63) is 54.0 Å². The van der Waals surface area contributed by atoms with Crippen molar-refractivity contribution in [1.29, 1.82) is 0 Å². The van der Waals surface area contributed by atoms with Crippen LogP contribution >= 0.6 is 0 Å². The Morgan fingerprint density at radius 2 is 2.12 bits per heavy atom. The first-order valence-corrected chi connectivity index (χ1v) is 9.01. The summed E-state index contributed by atoms with van der Waals surface area (Å²) in [6, 6.07) is 11.5. The number of aromatic nitrogens is 3. The largest absolute Gasteiger partial charge is 0.496 e. The van der Waals surface area contributed by atoms with Crippen molar-refractivity contribution < 1.29 is 9.53 Å². The number of carbonyl (C=O) groups excluding carboxylic acids is 1. The second kappa shape index (κ2) is 7.15. The molecule has 26 heavy (non-hydrogen) atoms. The van der Waals surface area contributed by atoms with Crippen LogP contribution in [0.4, 0.5) is 5.69 Å². The molecule has 1 saturated carbocycles. The second-order valence-corrected chi connectivity index (χ2v) is 6.65. The Balaban J connectivity index is 1.46. The Hall–Kier alpha value is -2.89. The van der Waals surface area contributed by atoms with Crippen molar-refractivity contribution in [3.63, 3.8) is 0 Å². The van der Waals surface area contributed by atoms with Gasteiger partial charge in [-0.2, -0.15) is 5.10 Å². The summed E-state index contributed by atoms with van der Waals surface area (Å²) in [5, 5.41) is 7.53. The number of hydrogen-bond acceptors (Lipinski definition) is 4. The number of fused-ring (bicyclic) bond motifs is 1. The van der Waals surface area contributed by atoms with E-state index in [1.807, 2.05) is 42.6 Å². The quantitative estimate of drug-likeness (QED) is 0.738. The predicted molar refractivity (Wildman–Crippen MR) is 99.5 cm³/mol. The summed E-state index contributed by atoms with van der Waals surface area (Å²) in [6.45, 7) is 0. The van der Waals surface area contributed by atoms with Gasteiger partial charge in [0.15, 0.2) is 11.5 Å². The van der Waals surface area contributed by atoms with Crippen molar-refractivity contribution in [3.8, 4) is 5.75 Å². The van der Waals surface area contributed by atoms with Gasteiger partial charge in [0.2, 0.25) is 5.91 Å². The monoisotopic (exact) mass is 350 g/mol. The van der Waals surface area contributed by atoms with Crippen LogP contribution in [-0.2, 0) is 11.2 Å². The third-order valence-electron chi connectivity index (χ3n) is 4.94. The highest BCUT2D eigenvalue weighted by Crippen LogP contribution is 2.35. The Morgan fingerprint density at radius 1 is 1.27 bits per heavy atom. The number of aryl methyl sites for hydroxylation is 1. The summed E-state index contributed by atoms with van der Waals surface area (Å²) in [7, 11) is 1.64. The number of nitrogens with one attached hydrogen (secondary N) is 1. The van der Waals surface area contributed by atoms with Crippen LogP contribution in [0.25, 0.3) is 5.65 Å². The number of carbonyl (C=O) groups is 1. The van der Waals surface area contributed by atoms with Crippen LogP contribution in [0.1, 0.15) is 43.0 Å². The van der Waals surface area contributed by atoms with Gasteiger partial charge in [0, 0.05) is 18.5 Å².